The van der Waals surface area contributed by atoms with Gasteiger partial charge in [-0.1, -0.05) is 67.9 Å². The molecular formula is C29H21F7O. The van der Waals surface area contributed by atoms with Crippen molar-refractivity contribution in [2.75, 3.05) is 0 Å². The molecule has 37 heavy (non-hydrogen) atoms. The Hall–Kier alpha value is -3.81. The molecule has 0 saturated heterocycles. The van der Waals surface area contributed by atoms with Gasteiger partial charge in [0.2, 0.25) is 0 Å². The number of unbranched alkanes of at least 4 members (excludes halogenated alkanes) is 1. The number of rotatable bonds is 8. The van der Waals surface area contributed by atoms with Crippen molar-refractivity contribution in [3.05, 3.63) is 113 Å². The third-order valence-electron chi connectivity index (χ3n) is 5.90. The van der Waals surface area contributed by atoms with E-state index in [0.29, 0.717) is 6.07 Å². The van der Waals surface area contributed by atoms with Crippen LogP contribution in [0, 0.1) is 29.1 Å². The molecule has 0 radical (unpaired) electrons. The van der Waals surface area contributed by atoms with Crippen LogP contribution in [0.3, 0.4) is 0 Å². The molecule has 4 aromatic carbocycles. The van der Waals surface area contributed by atoms with E-state index < -0.39 is 46.5 Å². The standard InChI is InChI=1S/C29H21F7O/c1-2-3-4-17-5-7-18(8-6-17)19-9-11-20(12-10-19)22-13-14-23(27(33)26(22)32)29(35,36)37-21-15-24(30)28(34)25(31)16-21/h5-16H,2-4H2,1H3. The second-order valence-corrected chi connectivity index (χ2v) is 8.49. The lowest BCUT2D eigenvalue weighted by Crippen LogP contribution is -2.24. The number of alkyl halides is 2. The van der Waals surface area contributed by atoms with Crippen LogP contribution in [-0.2, 0) is 12.5 Å². The van der Waals surface area contributed by atoms with Crippen molar-refractivity contribution in [1.29, 1.82) is 0 Å². The Labute approximate surface area is 209 Å². The minimum Gasteiger partial charge on any atom is -0.429 e. The van der Waals surface area contributed by atoms with Gasteiger partial charge in [0, 0.05) is 17.7 Å². The van der Waals surface area contributed by atoms with Gasteiger partial charge in [-0.25, -0.2) is 22.0 Å². The molecule has 4 rings (SSSR count). The normalized spacial score (nSPS) is 11.6. The second kappa shape index (κ2) is 10.7. The fourth-order valence-electron chi connectivity index (χ4n) is 3.88. The molecule has 192 valence electrons. The summed E-state index contributed by atoms with van der Waals surface area (Å²) < 4.78 is 103. The van der Waals surface area contributed by atoms with Gasteiger partial charge in [0.25, 0.3) is 0 Å². The molecule has 0 aliphatic rings. The summed E-state index contributed by atoms with van der Waals surface area (Å²) in [6.07, 6.45) is -1.33. The fraction of sp³-hybridized carbons (Fsp3) is 0.172. The molecule has 1 nitrogen and oxygen atoms in total. The molecule has 0 fully saturated rings. The zero-order valence-electron chi connectivity index (χ0n) is 19.6. The molecule has 0 atom stereocenters. The zero-order chi connectivity index (χ0) is 26.7. The molecule has 0 unspecified atom stereocenters. The zero-order valence-corrected chi connectivity index (χ0v) is 19.6. The van der Waals surface area contributed by atoms with Crippen LogP contribution in [0.25, 0.3) is 22.3 Å². The quantitative estimate of drug-likeness (QED) is 0.167. The van der Waals surface area contributed by atoms with Gasteiger partial charge < -0.3 is 4.74 Å². The van der Waals surface area contributed by atoms with E-state index in [0.717, 1.165) is 36.5 Å². The number of halogens is 7. The molecule has 0 aromatic heterocycles. The lowest BCUT2D eigenvalue weighted by molar-refractivity contribution is -0.187. The van der Waals surface area contributed by atoms with Crippen LogP contribution in [-0.4, -0.2) is 0 Å². The van der Waals surface area contributed by atoms with Gasteiger partial charge in [-0.05, 0) is 41.2 Å². The first-order valence-electron chi connectivity index (χ1n) is 11.5. The molecule has 0 heterocycles. The van der Waals surface area contributed by atoms with Gasteiger partial charge in [0.05, 0.1) is 0 Å². The summed E-state index contributed by atoms with van der Waals surface area (Å²) in [6, 6.07) is 16.4. The maximum Gasteiger partial charge on any atom is 0.429 e. The molecule has 0 N–H and O–H groups in total. The molecule has 0 bridgehead atoms. The van der Waals surface area contributed by atoms with Crippen molar-refractivity contribution in [2.24, 2.45) is 0 Å². The Kier molecular flexibility index (Phi) is 7.57. The Morgan fingerprint density at radius 3 is 1.76 bits per heavy atom. The summed E-state index contributed by atoms with van der Waals surface area (Å²) in [4.78, 5) is 0. The smallest absolute Gasteiger partial charge is 0.429 e. The first kappa shape index (κ1) is 26.3. The Morgan fingerprint density at radius 1 is 0.649 bits per heavy atom. The summed E-state index contributed by atoms with van der Waals surface area (Å²) in [7, 11) is 0. The first-order valence-corrected chi connectivity index (χ1v) is 11.5. The number of aryl methyl sites for hydroxylation is 1. The van der Waals surface area contributed by atoms with Crippen molar-refractivity contribution in [1.82, 2.24) is 0 Å². The molecular weight excluding hydrogens is 497 g/mol. The number of ether oxygens (including phenoxy) is 1. The predicted octanol–water partition coefficient (Wildman–Crippen LogP) is 9.19. The first-order chi connectivity index (χ1) is 17.6. The predicted molar refractivity (Wildman–Crippen MR) is 127 cm³/mol. The molecule has 0 aliphatic carbocycles. The maximum absolute atomic E-state index is 14.8. The third kappa shape index (κ3) is 5.63. The van der Waals surface area contributed by atoms with Gasteiger partial charge in [0.15, 0.2) is 29.1 Å². The Morgan fingerprint density at radius 2 is 1.19 bits per heavy atom. The summed E-state index contributed by atoms with van der Waals surface area (Å²) in [5, 5.41) is 0. The number of benzene rings is 4. The van der Waals surface area contributed by atoms with Crippen molar-refractivity contribution < 1.29 is 35.5 Å². The van der Waals surface area contributed by atoms with E-state index in [1.807, 2.05) is 24.3 Å². The molecule has 0 spiro atoms. The van der Waals surface area contributed by atoms with E-state index in [2.05, 4.69) is 11.7 Å². The molecule has 0 saturated carbocycles. The Bertz CT molecular complexity index is 1370. The van der Waals surface area contributed by atoms with Crippen LogP contribution in [0.15, 0.2) is 72.8 Å². The summed E-state index contributed by atoms with van der Waals surface area (Å²) in [5.74, 6) is -9.97. The van der Waals surface area contributed by atoms with Gasteiger partial charge in [0.1, 0.15) is 11.3 Å². The van der Waals surface area contributed by atoms with E-state index >= 15 is 0 Å². The van der Waals surface area contributed by atoms with E-state index in [1.165, 1.54) is 17.7 Å². The fourth-order valence-corrected chi connectivity index (χ4v) is 3.88. The lowest BCUT2D eigenvalue weighted by atomic mass is 9.97. The van der Waals surface area contributed by atoms with Crippen molar-refractivity contribution in [3.63, 3.8) is 0 Å². The highest BCUT2D eigenvalue weighted by molar-refractivity contribution is 5.71. The minimum atomic E-state index is -4.51. The van der Waals surface area contributed by atoms with Crippen LogP contribution in [0.2, 0.25) is 0 Å². The third-order valence-corrected chi connectivity index (χ3v) is 5.90. The number of hydrogen-bond acceptors (Lipinski definition) is 1. The largest absolute Gasteiger partial charge is 0.429 e. The topological polar surface area (TPSA) is 9.23 Å². The SMILES string of the molecule is CCCCc1ccc(-c2ccc(-c3ccc(C(F)(F)Oc4cc(F)c(F)c(F)c4)c(F)c3F)cc2)cc1. The summed E-state index contributed by atoms with van der Waals surface area (Å²) >= 11 is 0. The molecule has 8 heteroatoms. The van der Waals surface area contributed by atoms with Crippen LogP contribution in [0.1, 0.15) is 30.9 Å². The second-order valence-electron chi connectivity index (χ2n) is 8.49. The molecule has 0 aliphatic heterocycles. The van der Waals surface area contributed by atoms with Crippen LogP contribution in [0.4, 0.5) is 30.7 Å². The lowest BCUT2D eigenvalue weighted by Gasteiger charge is -2.20. The maximum atomic E-state index is 14.8. The van der Waals surface area contributed by atoms with Gasteiger partial charge in [-0.2, -0.15) is 8.78 Å². The van der Waals surface area contributed by atoms with E-state index in [4.69, 9.17) is 0 Å². The van der Waals surface area contributed by atoms with Crippen LogP contribution < -0.4 is 4.74 Å². The highest BCUT2D eigenvalue weighted by atomic mass is 19.3. The van der Waals surface area contributed by atoms with E-state index in [1.54, 1.807) is 12.1 Å². The minimum absolute atomic E-state index is 0.176. The Balaban J connectivity index is 1.57. The van der Waals surface area contributed by atoms with E-state index in [9.17, 15) is 30.7 Å². The van der Waals surface area contributed by atoms with Crippen LogP contribution in [0.5, 0.6) is 5.75 Å². The van der Waals surface area contributed by atoms with Crippen molar-refractivity contribution >= 4 is 0 Å². The van der Waals surface area contributed by atoms with Gasteiger partial charge >= 0.3 is 6.11 Å². The molecule has 4 aromatic rings. The highest BCUT2D eigenvalue weighted by Crippen LogP contribution is 2.37. The van der Waals surface area contributed by atoms with Gasteiger partial charge in [-0.15, -0.1) is 0 Å². The summed E-state index contributed by atoms with van der Waals surface area (Å²) in [6.45, 7) is 2.12. The monoisotopic (exact) mass is 518 g/mol. The van der Waals surface area contributed by atoms with Crippen molar-refractivity contribution in [3.8, 4) is 28.0 Å². The number of hydrogen-bond donors (Lipinski definition) is 0. The van der Waals surface area contributed by atoms with Crippen LogP contribution >= 0.6 is 0 Å². The molecule has 0 amide bonds. The van der Waals surface area contributed by atoms with E-state index in [-0.39, 0.29) is 23.3 Å². The van der Waals surface area contributed by atoms with Crippen molar-refractivity contribution in [2.45, 2.75) is 32.3 Å². The summed E-state index contributed by atoms with van der Waals surface area (Å²) in [5.41, 5.74) is 1.48. The van der Waals surface area contributed by atoms with Gasteiger partial charge in [-0.3, -0.25) is 0 Å². The average Bonchev–Trinajstić information content (AvgIpc) is 2.87. The average molecular weight is 518 g/mol. The highest BCUT2D eigenvalue weighted by Gasteiger charge is 2.40.